The lowest BCUT2D eigenvalue weighted by Crippen LogP contribution is -2.49. The number of benzene rings is 1. The van der Waals surface area contributed by atoms with Gasteiger partial charge in [0.25, 0.3) is 0 Å². The van der Waals surface area contributed by atoms with Gasteiger partial charge in [0, 0.05) is 24.9 Å². The second-order valence-electron chi connectivity index (χ2n) is 8.75. The third kappa shape index (κ3) is 4.68. The molecule has 1 aromatic rings. The van der Waals surface area contributed by atoms with E-state index in [-0.39, 0.29) is 31.0 Å². The Morgan fingerprint density at radius 1 is 1.19 bits per heavy atom. The van der Waals surface area contributed by atoms with Gasteiger partial charge in [0.15, 0.2) is 16.9 Å². The molecular formula is C27H31N5O4. The molecule has 1 aliphatic heterocycles. The molecule has 1 amide bonds. The number of nitrogens with two attached hydrogens (primary N) is 1. The van der Waals surface area contributed by atoms with E-state index in [1.165, 1.54) is 12.0 Å². The van der Waals surface area contributed by atoms with Crippen LogP contribution in [-0.2, 0) is 4.74 Å². The molecule has 2 aliphatic rings. The van der Waals surface area contributed by atoms with Gasteiger partial charge in [-0.15, -0.1) is 0 Å². The highest BCUT2D eigenvalue weighted by atomic mass is 16.6. The zero-order chi connectivity index (χ0) is 26.3. The van der Waals surface area contributed by atoms with Gasteiger partial charge in [-0.25, -0.2) is 4.79 Å². The summed E-state index contributed by atoms with van der Waals surface area (Å²) in [5.74, 6) is -0.283. The van der Waals surface area contributed by atoms with Gasteiger partial charge in [-0.05, 0) is 36.6 Å². The summed E-state index contributed by atoms with van der Waals surface area (Å²) in [6.07, 6.45) is 4.29. The largest absolute Gasteiger partial charge is 0.493 e. The quantitative estimate of drug-likeness (QED) is 0.536. The number of methoxy groups -OCH3 is 1. The van der Waals surface area contributed by atoms with E-state index in [1.807, 2.05) is 0 Å². The van der Waals surface area contributed by atoms with E-state index in [9.17, 15) is 20.6 Å². The summed E-state index contributed by atoms with van der Waals surface area (Å²) < 4.78 is 16.7. The van der Waals surface area contributed by atoms with E-state index >= 15 is 0 Å². The minimum Gasteiger partial charge on any atom is -0.493 e. The monoisotopic (exact) mass is 489 g/mol. The summed E-state index contributed by atoms with van der Waals surface area (Å²) in [5.41, 5.74) is 5.84. The van der Waals surface area contributed by atoms with Gasteiger partial charge in [0.05, 0.1) is 43.7 Å². The molecule has 2 N–H and O–H groups in total. The molecule has 0 unspecified atom stereocenters. The Morgan fingerprint density at radius 2 is 1.94 bits per heavy atom. The fraction of sp³-hybridized carbons (Fsp3) is 0.481. The molecule has 0 spiro atoms. The van der Waals surface area contributed by atoms with E-state index in [0.717, 1.165) is 19.3 Å². The lowest BCUT2D eigenvalue weighted by atomic mass is 9.58. The number of carbonyl (C=O) groups excluding carboxylic acids is 1. The van der Waals surface area contributed by atoms with Crippen LogP contribution >= 0.6 is 0 Å². The number of hydrogen-bond acceptors (Lipinski definition) is 8. The first-order valence-corrected chi connectivity index (χ1v) is 12.1. The molecule has 3 rings (SSSR count). The molecule has 0 saturated heterocycles. The minimum atomic E-state index is -1.82. The van der Waals surface area contributed by atoms with Gasteiger partial charge in [-0.3, -0.25) is 0 Å². The number of nitrogens with zero attached hydrogens (tertiary/aromatic N) is 4. The van der Waals surface area contributed by atoms with Crippen LogP contribution < -0.4 is 15.2 Å². The number of ether oxygens (including phenoxy) is 3. The number of nitriles is 3. The molecule has 188 valence electrons. The first-order chi connectivity index (χ1) is 17.4. The molecule has 0 aromatic heterocycles. The Bertz CT molecular complexity index is 1170. The van der Waals surface area contributed by atoms with Crippen LogP contribution in [0.15, 0.2) is 41.1 Å². The maximum Gasteiger partial charge on any atom is 0.410 e. The Balaban J connectivity index is 2.13. The SMILES string of the molecule is CCCCCOc1ccc([C@H]2[C@H]3CN(C(=O)OCC)CC=C3C(C#N)=C(N)C2(C#N)C#N)cc1OC. The molecule has 0 radical (unpaired) electrons. The Morgan fingerprint density at radius 3 is 2.56 bits per heavy atom. The van der Waals surface area contributed by atoms with Gasteiger partial charge >= 0.3 is 6.09 Å². The third-order valence-corrected chi connectivity index (χ3v) is 6.74. The highest BCUT2D eigenvalue weighted by molar-refractivity contribution is 5.69. The number of amides is 1. The highest BCUT2D eigenvalue weighted by Gasteiger charge is 2.55. The summed E-state index contributed by atoms with van der Waals surface area (Å²) >= 11 is 0. The summed E-state index contributed by atoms with van der Waals surface area (Å²) in [6, 6.07) is 11.6. The fourth-order valence-corrected chi connectivity index (χ4v) is 4.95. The van der Waals surface area contributed by atoms with Crippen LogP contribution in [0, 0.1) is 45.3 Å². The van der Waals surface area contributed by atoms with E-state index in [4.69, 9.17) is 19.9 Å². The van der Waals surface area contributed by atoms with Crippen molar-refractivity contribution in [2.45, 2.75) is 39.0 Å². The van der Waals surface area contributed by atoms with Gasteiger partial charge < -0.3 is 24.8 Å². The topological polar surface area (TPSA) is 145 Å². The first kappa shape index (κ1) is 26.4. The van der Waals surface area contributed by atoms with Crippen molar-refractivity contribution in [2.75, 3.05) is 33.4 Å². The van der Waals surface area contributed by atoms with Gasteiger partial charge in [-0.2, -0.15) is 15.8 Å². The Labute approximate surface area is 211 Å². The molecule has 0 saturated carbocycles. The molecule has 1 aliphatic carbocycles. The lowest BCUT2D eigenvalue weighted by molar-refractivity contribution is 0.0999. The van der Waals surface area contributed by atoms with E-state index in [1.54, 1.807) is 31.2 Å². The normalized spacial score (nSPS) is 20.2. The van der Waals surface area contributed by atoms with Crippen molar-refractivity contribution in [2.24, 2.45) is 17.1 Å². The van der Waals surface area contributed by atoms with Crippen LogP contribution in [0.4, 0.5) is 4.79 Å². The van der Waals surface area contributed by atoms with Crippen molar-refractivity contribution in [1.82, 2.24) is 4.90 Å². The molecule has 0 fully saturated rings. The van der Waals surface area contributed by atoms with Gasteiger partial charge in [0.1, 0.15) is 6.07 Å². The van der Waals surface area contributed by atoms with Crippen LogP contribution in [-0.4, -0.2) is 44.4 Å². The van der Waals surface area contributed by atoms with Crippen LogP contribution in [0.3, 0.4) is 0 Å². The fourth-order valence-electron chi connectivity index (χ4n) is 4.95. The highest BCUT2D eigenvalue weighted by Crippen LogP contribution is 2.54. The van der Waals surface area contributed by atoms with Crippen LogP contribution in [0.25, 0.3) is 0 Å². The number of rotatable bonds is 8. The maximum atomic E-state index is 12.5. The predicted molar refractivity (Wildman–Crippen MR) is 131 cm³/mol. The number of unbranched alkanes of at least 4 members (excludes halogenated alkanes) is 2. The van der Waals surface area contributed by atoms with Crippen molar-refractivity contribution >= 4 is 6.09 Å². The minimum absolute atomic E-state index is 0.0778. The average molecular weight is 490 g/mol. The smallest absolute Gasteiger partial charge is 0.410 e. The van der Waals surface area contributed by atoms with Gasteiger partial charge in [0.2, 0.25) is 0 Å². The first-order valence-electron chi connectivity index (χ1n) is 12.1. The maximum absolute atomic E-state index is 12.5. The standard InChI is InChI=1S/C27H31N5O4/c1-4-6-7-12-36-22-9-8-18(13-23(22)34-3)24-21-15-32(26(33)35-5-2)11-10-19(21)20(14-28)25(31)27(24,16-29)17-30/h8-10,13,21,24H,4-7,11-12,15,31H2,1-3H3/t21-,24-/m0/s1. The Hall–Kier alpha value is -4.16. The van der Waals surface area contributed by atoms with Crippen LogP contribution in [0.1, 0.15) is 44.6 Å². The van der Waals surface area contributed by atoms with Crippen LogP contribution in [0.2, 0.25) is 0 Å². The predicted octanol–water partition coefficient (Wildman–Crippen LogP) is 4.15. The zero-order valence-corrected chi connectivity index (χ0v) is 20.9. The summed E-state index contributed by atoms with van der Waals surface area (Å²) in [5, 5.41) is 30.4. The Kier molecular flexibility index (Phi) is 8.46. The lowest BCUT2D eigenvalue weighted by Gasteiger charge is -2.45. The molecule has 9 heteroatoms. The van der Waals surface area contributed by atoms with Crippen molar-refractivity contribution in [3.8, 4) is 29.7 Å². The number of allylic oxidation sites excluding steroid dienone is 2. The van der Waals surface area contributed by atoms with Crippen molar-refractivity contribution < 1.29 is 19.0 Å². The van der Waals surface area contributed by atoms with Crippen molar-refractivity contribution in [3.05, 3.63) is 46.7 Å². The molecule has 1 heterocycles. The molecule has 0 bridgehead atoms. The number of carbonyl (C=O) groups is 1. The molecule has 2 atom stereocenters. The van der Waals surface area contributed by atoms with E-state index < -0.39 is 23.3 Å². The van der Waals surface area contributed by atoms with Crippen molar-refractivity contribution in [1.29, 1.82) is 15.8 Å². The van der Waals surface area contributed by atoms with Crippen LogP contribution in [0.5, 0.6) is 11.5 Å². The number of hydrogen-bond donors (Lipinski definition) is 1. The summed E-state index contributed by atoms with van der Waals surface area (Å²) in [4.78, 5) is 14.0. The second kappa shape index (κ2) is 11.5. The second-order valence-corrected chi connectivity index (χ2v) is 8.75. The third-order valence-electron chi connectivity index (χ3n) is 6.74. The summed E-state index contributed by atoms with van der Waals surface area (Å²) in [7, 11) is 1.53. The van der Waals surface area contributed by atoms with E-state index in [2.05, 4.69) is 25.1 Å². The molecule has 1 aromatic carbocycles. The van der Waals surface area contributed by atoms with Crippen molar-refractivity contribution in [3.63, 3.8) is 0 Å². The zero-order valence-electron chi connectivity index (χ0n) is 20.9. The average Bonchev–Trinajstić information content (AvgIpc) is 2.90. The molecule has 36 heavy (non-hydrogen) atoms. The number of fused-ring (bicyclic) bond motifs is 1. The molecular weight excluding hydrogens is 458 g/mol. The van der Waals surface area contributed by atoms with E-state index in [0.29, 0.717) is 29.2 Å². The van der Waals surface area contributed by atoms with Gasteiger partial charge in [-0.1, -0.05) is 31.9 Å². The molecule has 9 nitrogen and oxygen atoms in total. The summed E-state index contributed by atoms with van der Waals surface area (Å²) in [6.45, 7) is 4.99.